The van der Waals surface area contributed by atoms with E-state index in [1.807, 2.05) is 12.1 Å². The van der Waals surface area contributed by atoms with Crippen molar-refractivity contribution < 1.29 is 14.6 Å². The molecule has 19 heavy (non-hydrogen) atoms. The molecule has 1 saturated heterocycles. The summed E-state index contributed by atoms with van der Waals surface area (Å²) in [5.74, 6) is -0.413. The van der Waals surface area contributed by atoms with Gasteiger partial charge in [-0.05, 0) is 36.8 Å². The van der Waals surface area contributed by atoms with E-state index in [1.54, 1.807) is 11.8 Å². The predicted octanol–water partition coefficient (Wildman–Crippen LogP) is 2.91. The van der Waals surface area contributed by atoms with Crippen molar-refractivity contribution in [1.29, 1.82) is 0 Å². The highest BCUT2D eigenvalue weighted by Crippen LogP contribution is 2.45. The summed E-state index contributed by atoms with van der Waals surface area (Å²) in [6.45, 7) is 1.36. The molecule has 2 aliphatic rings. The molecule has 0 aromatic heterocycles. The molecule has 0 amide bonds. The molecule has 1 aromatic rings. The number of benzene rings is 1. The molecule has 0 unspecified atom stereocenters. The smallest absolute Gasteiger partial charge is 0.168 e. The van der Waals surface area contributed by atoms with E-state index in [0.717, 1.165) is 18.4 Å². The minimum Gasteiger partial charge on any atom is -0.385 e. The average Bonchev–Trinajstić information content (AvgIpc) is 2.92. The first-order valence-corrected chi connectivity index (χ1v) is 8.03. The molecule has 3 rings (SSSR count). The Balaban J connectivity index is 1.77. The standard InChI is InChI=1S/C15H20O3S/c1-19-13-4-2-3-12(11-13)14(16)5-7-15(8-6-14)17-9-10-18-15/h2-4,11,16H,5-10H2,1H3. The topological polar surface area (TPSA) is 38.7 Å². The summed E-state index contributed by atoms with van der Waals surface area (Å²) >= 11 is 1.70. The second kappa shape index (κ2) is 5.09. The van der Waals surface area contributed by atoms with Crippen LogP contribution >= 0.6 is 11.8 Å². The molecule has 0 bridgehead atoms. The molecule has 4 heteroatoms. The van der Waals surface area contributed by atoms with Crippen LogP contribution < -0.4 is 0 Å². The molecular formula is C15H20O3S. The maximum atomic E-state index is 10.9. The van der Waals surface area contributed by atoms with E-state index in [9.17, 15) is 5.11 Å². The van der Waals surface area contributed by atoms with Crippen molar-refractivity contribution in [3.8, 4) is 0 Å². The lowest BCUT2D eigenvalue weighted by Crippen LogP contribution is -2.42. The first-order chi connectivity index (χ1) is 9.16. The first kappa shape index (κ1) is 13.4. The van der Waals surface area contributed by atoms with Crippen LogP contribution in [0.5, 0.6) is 0 Å². The largest absolute Gasteiger partial charge is 0.385 e. The van der Waals surface area contributed by atoms with Gasteiger partial charge in [0.05, 0.1) is 18.8 Å². The minimum atomic E-state index is -0.730. The van der Waals surface area contributed by atoms with Gasteiger partial charge in [0, 0.05) is 17.7 Å². The molecule has 1 N–H and O–H groups in total. The first-order valence-electron chi connectivity index (χ1n) is 6.81. The number of rotatable bonds is 2. The fraction of sp³-hybridized carbons (Fsp3) is 0.600. The maximum Gasteiger partial charge on any atom is 0.168 e. The Bertz CT molecular complexity index is 444. The summed E-state index contributed by atoms with van der Waals surface area (Å²) in [5, 5.41) is 10.9. The van der Waals surface area contributed by atoms with Gasteiger partial charge in [-0.1, -0.05) is 12.1 Å². The normalized spacial score (nSPS) is 24.7. The summed E-state index contributed by atoms with van der Waals surface area (Å²) in [6, 6.07) is 8.21. The van der Waals surface area contributed by atoms with Crippen LogP contribution in [0, 0.1) is 0 Å². The van der Waals surface area contributed by atoms with Gasteiger partial charge in [-0.15, -0.1) is 11.8 Å². The van der Waals surface area contributed by atoms with Gasteiger partial charge in [0.1, 0.15) is 0 Å². The number of hydrogen-bond donors (Lipinski definition) is 1. The van der Waals surface area contributed by atoms with Crippen molar-refractivity contribution in [1.82, 2.24) is 0 Å². The summed E-state index contributed by atoms with van der Waals surface area (Å²) in [6.07, 6.45) is 4.99. The Morgan fingerprint density at radius 1 is 1.11 bits per heavy atom. The van der Waals surface area contributed by atoms with Crippen molar-refractivity contribution in [3.63, 3.8) is 0 Å². The molecule has 104 valence electrons. The molecule has 1 aromatic carbocycles. The molecule has 0 atom stereocenters. The van der Waals surface area contributed by atoms with E-state index in [2.05, 4.69) is 18.4 Å². The van der Waals surface area contributed by atoms with Crippen LogP contribution in [0.4, 0.5) is 0 Å². The highest BCUT2D eigenvalue weighted by molar-refractivity contribution is 7.98. The maximum absolute atomic E-state index is 10.9. The van der Waals surface area contributed by atoms with Crippen LogP contribution in [0.25, 0.3) is 0 Å². The van der Waals surface area contributed by atoms with Crippen molar-refractivity contribution in [2.45, 2.75) is 42.0 Å². The summed E-state index contributed by atoms with van der Waals surface area (Å²) in [7, 11) is 0. The zero-order valence-electron chi connectivity index (χ0n) is 11.2. The average molecular weight is 280 g/mol. The van der Waals surface area contributed by atoms with Gasteiger partial charge in [-0.25, -0.2) is 0 Å². The van der Waals surface area contributed by atoms with E-state index in [4.69, 9.17) is 9.47 Å². The van der Waals surface area contributed by atoms with Gasteiger partial charge in [-0.3, -0.25) is 0 Å². The molecule has 1 aliphatic carbocycles. The van der Waals surface area contributed by atoms with Crippen molar-refractivity contribution in [3.05, 3.63) is 29.8 Å². The highest BCUT2D eigenvalue weighted by atomic mass is 32.2. The van der Waals surface area contributed by atoms with Crippen LogP contribution in [-0.4, -0.2) is 30.4 Å². The van der Waals surface area contributed by atoms with Crippen LogP contribution in [0.2, 0.25) is 0 Å². The van der Waals surface area contributed by atoms with Gasteiger partial charge in [0.2, 0.25) is 0 Å². The van der Waals surface area contributed by atoms with Crippen molar-refractivity contribution in [2.75, 3.05) is 19.5 Å². The Kier molecular flexibility index (Phi) is 3.60. The molecule has 1 heterocycles. The SMILES string of the molecule is CSc1cccc(C2(O)CCC3(CC2)OCCO3)c1. The lowest BCUT2D eigenvalue weighted by atomic mass is 9.77. The summed E-state index contributed by atoms with van der Waals surface area (Å²) < 4.78 is 11.4. The minimum absolute atomic E-state index is 0.413. The lowest BCUT2D eigenvalue weighted by Gasteiger charge is -2.40. The number of aliphatic hydroxyl groups is 1. The monoisotopic (exact) mass is 280 g/mol. The number of ether oxygens (including phenoxy) is 2. The van der Waals surface area contributed by atoms with Gasteiger partial charge in [-0.2, -0.15) is 0 Å². The lowest BCUT2D eigenvalue weighted by molar-refractivity contribution is -0.204. The molecule has 0 radical (unpaired) electrons. The Hall–Kier alpha value is -0.550. The molecule has 3 nitrogen and oxygen atoms in total. The van der Waals surface area contributed by atoms with E-state index in [-0.39, 0.29) is 0 Å². The molecule has 1 aliphatic heterocycles. The fourth-order valence-corrected chi connectivity index (χ4v) is 3.49. The zero-order valence-corrected chi connectivity index (χ0v) is 12.0. The van der Waals surface area contributed by atoms with E-state index >= 15 is 0 Å². The van der Waals surface area contributed by atoms with Gasteiger partial charge >= 0.3 is 0 Å². The van der Waals surface area contributed by atoms with Gasteiger partial charge in [0.15, 0.2) is 5.79 Å². The zero-order chi connectivity index (χ0) is 13.3. The van der Waals surface area contributed by atoms with Crippen LogP contribution in [0.3, 0.4) is 0 Å². The van der Waals surface area contributed by atoms with Crippen LogP contribution in [-0.2, 0) is 15.1 Å². The van der Waals surface area contributed by atoms with Crippen molar-refractivity contribution >= 4 is 11.8 Å². The Morgan fingerprint density at radius 3 is 2.42 bits per heavy atom. The summed E-state index contributed by atoms with van der Waals surface area (Å²) in [4.78, 5) is 1.19. The summed E-state index contributed by atoms with van der Waals surface area (Å²) in [5.41, 5.74) is 0.291. The molecule has 1 spiro atoms. The van der Waals surface area contributed by atoms with Gasteiger partial charge in [0.25, 0.3) is 0 Å². The second-order valence-electron chi connectivity index (χ2n) is 5.37. The molecule has 1 saturated carbocycles. The van der Waals surface area contributed by atoms with Crippen LogP contribution in [0.1, 0.15) is 31.2 Å². The third-order valence-corrected chi connectivity index (χ3v) is 4.98. The third-order valence-electron chi connectivity index (χ3n) is 4.26. The third kappa shape index (κ3) is 2.55. The number of hydrogen-bond acceptors (Lipinski definition) is 4. The Morgan fingerprint density at radius 2 is 1.79 bits per heavy atom. The fourth-order valence-electron chi connectivity index (χ4n) is 3.03. The Labute approximate surface area is 118 Å². The second-order valence-corrected chi connectivity index (χ2v) is 6.25. The molecular weight excluding hydrogens is 260 g/mol. The van der Waals surface area contributed by atoms with E-state index in [1.165, 1.54) is 4.90 Å². The van der Waals surface area contributed by atoms with Crippen LogP contribution in [0.15, 0.2) is 29.2 Å². The van der Waals surface area contributed by atoms with Crippen molar-refractivity contribution in [2.24, 2.45) is 0 Å². The molecule has 2 fully saturated rings. The number of thioether (sulfide) groups is 1. The van der Waals surface area contributed by atoms with E-state index < -0.39 is 11.4 Å². The van der Waals surface area contributed by atoms with Gasteiger partial charge < -0.3 is 14.6 Å². The van der Waals surface area contributed by atoms with E-state index in [0.29, 0.717) is 26.1 Å². The predicted molar refractivity (Wildman–Crippen MR) is 75.2 cm³/mol. The highest BCUT2D eigenvalue weighted by Gasteiger charge is 2.46. The quantitative estimate of drug-likeness (QED) is 0.845.